The summed E-state index contributed by atoms with van der Waals surface area (Å²) in [4.78, 5) is 0. The van der Waals surface area contributed by atoms with E-state index in [4.69, 9.17) is 10.8 Å². The summed E-state index contributed by atoms with van der Waals surface area (Å²) < 4.78 is 0. The number of hydrogen-bond acceptors (Lipinski definition) is 2. The first kappa shape index (κ1) is 5.50. The van der Waals surface area contributed by atoms with Gasteiger partial charge >= 0.3 is 0 Å². The van der Waals surface area contributed by atoms with E-state index in [1.54, 1.807) is 6.92 Å². The van der Waals surface area contributed by atoms with Crippen LogP contribution in [0.25, 0.3) is 0 Å². The number of aliphatic hydroxyl groups is 1. The molecule has 0 radical (unpaired) electrons. The number of hydrogen-bond donors (Lipinski definition) is 2. The molecule has 2 nitrogen and oxygen atoms in total. The average molecular weight is 87.1 g/mol. The predicted octanol–water partition coefficient (Wildman–Crippen LogP) is -0.160. The topological polar surface area (TPSA) is 46.2 Å². The van der Waals surface area contributed by atoms with Crippen LogP contribution in [0.5, 0.6) is 0 Å². The smallest absolute Gasteiger partial charge is 0.0709 e. The van der Waals surface area contributed by atoms with Gasteiger partial charge in [0, 0.05) is 0 Å². The summed E-state index contributed by atoms with van der Waals surface area (Å²) >= 11 is 0. The van der Waals surface area contributed by atoms with Crippen molar-refractivity contribution in [2.45, 2.75) is 13.0 Å². The standard InChI is InChI=1S/C4H9NO/c1-4(6)2-3-5/h2-4,6H,5H2,1H3. The van der Waals surface area contributed by atoms with E-state index >= 15 is 0 Å². The lowest BCUT2D eigenvalue weighted by Gasteiger charge is -1.87. The fraction of sp³-hybridized carbons (Fsp3) is 0.500. The van der Waals surface area contributed by atoms with Crippen LogP contribution in [-0.4, -0.2) is 11.2 Å². The molecule has 1 atom stereocenters. The Balaban J connectivity index is 3.03. The minimum absolute atomic E-state index is 0.407. The lowest BCUT2D eigenvalue weighted by atomic mass is 10.4. The lowest BCUT2D eigenvalue weighted by molar-refractivity contribution is 0.244. The van der Waals surface area contributed by atoms with E-state index in [1.807, 2.05) is 0 Å². The Morgan fingerprint density at radius 1 is 1.83 bits per heavy atom. The van der Waals surface area contributed by atoms with Crippen LogP contribution >= 0.6 is 0 Å². The van der Waals surface area contributed by atoms with Crippen LogP contribution in [0.15, 0.2) is 12.3 Å². The molecule has 0 aromatic carbocycles. The van der Waals surface area contributed by atoms with Gasteiger partial charge in [0.25, 0.3) is 0 Å². The van der Waals surface area contributed by atoms with Gasteiger partial charge in [0.1, 0.15) is 0 Å². The molecule has 0 aromatic rings. The van der Waals surface area contributed by atoms with Gasteiger partial charge in [-0.25, -0.2) is 0 Å². The maximum absolute atomic E-state index is 8.39. The van der Waals surface area contributed by atoms with E-state index in [2.05, 4.69) is 0 Å². The fourth-order valence-corrected chi connectivity index (χ4v) is 0.161. The van der Waals surface area contributed by atoms with Crippen molar-refractivity contribution in [2.75, 3.05) is 0 Å². The SMILES string of the molecule is CC(O)C=CN. The molecule has 0 aromatic heterocycles. The second kappa shape index (κ2) is 2.72. The van der Waals surface area contributed by atoms with E-state index in [9.17, 15) is 0 Å². The van der Waals surface area contributed by atoms with Crippen LogP contribution in [0.3, 0.4) is 0 Å². The molecule has 0 aliphatic rings. The number of rotatable bonds is 1. The van der Waals surface area contributed by atoms with Crippen molar-refractivity contribution in [1.29, 1.82) is 0 Å². The van der Waals surface area contributed by atoms with Gasteiger partial charge in [-0.2, -0.15) is 0 Å². The van der Waals surface area contributed by atoms with Gasteiger partial charge in [0.2, 0.25) is 0 Å². The molecule has 0 rings (SSSR count). The highest BCUT2D eigenvalue weighted by atomic mass is 16.3. The van der Waals surface area contributed by atoms with Crippen LogP contribution in [0.1, 0.15) is 6.92 Å². The normalized spacial score (nSPS) is 15.7. The van der Waals surface area contributed by atoms with E-state index in [1.165, 1.54) is 12.3 Å². The van der Waals surface area contributed by atoms with Crippen molar-refractivity contribution in [2.24, 2.45) is 5.73 Å². The summed E-state index contributed by atoms with van der Waals surface area (Å²) in [5.41, 5.74) is 4.89. The first-order valence-electron chi connectivity index (χ1n) is 1.84. The van der Waals surface area contributed by atoms with Crippen molar-refractivity contribution in [3.63, 3.8) is 0 Å². The minimum Gasteiger partial charge on any atom is -0.405 e. The Kier molecular flexibility index (Phi) is 2.50. The molecule has 0 aliphatic heterocycles. The highest BCUT2D eigenvalue weighted by Crippen LogP contribution is 1.75. The predicted molar refractivity (Wildman–Crippen MR) is 25.0 cm³/mol. The van der Waals surface area contributed by atoms with Gasteiger partial charge in [0.15, 0.2) is 0 Å². The largest absolute Gasteiger partial charge is 0.405 e. The summed E-state index contributed by atoms with van der Waals surface area (Å²) in [5.74, 6) is 0. The van der Waals surface area contributed by atoms with Crippen LogP contribution < -0.4 is 5.73 Å². The molecule has 3 N–H and O–H groups in total. The van der Waals surface area contributed by atoms with Crippen molar-refractivity contribution in [3.05, 3.63) is 12.3 Å². The van der Waals surface area contributed by atoms with E-state index in [-0.39, 0.29) is 0 Å². The highest BCUT2D eigenvalue weighted by molar-refractivity contribution is 4.80. The van der Waals surface area contributed by atoms with Gasteiger partial charge < -0.3 is 10.8 Å². The quantitative estimate of drug-likeness (QED) is 0.466. The van der Waals surface area contributed by atoms with Crippen LogP contribution in [0.2, 0.25) is 0 Å². The van der Waals surface area contributed by atoms with Crippen LogP contribution in [0, 0.1) is 0 Å². The summed E-state index contributed by atoms with van der Waals surface area (Å²) in [6, 6.07) is 0. The molecule has 0 fully saturated rings. The van der Waals surface area contributed by atoms with Crippen molar-refractivity contribution in [3.8, 4) is 0 Å². The molecule has 0 amide bonds. The fourth-order valence-electron chi connectivity index (χ4n) is 0.161. The second-order valence-electron chi connectivity index (χ2n) is 1.13. The van der Waals surface area contributed by atoms with Crippen LogP contribution in [0.4, 0.5) is 0 Å². The zero-order valence-electron chi connectivity index (χ0n) is 3.76. The molecule has 0 heterocycles. The molecule has 0 spiro atoms. The van der Waals surface area contributed by atoms with Crippen molar-refractivity contribution >= 4 is 0 Å². The highest BCUT2D eigenvalue weighted by Gasteiger charge is 1.78. The maximum Gasteiger partial charge on any atom is 0.0709 e. The minimum atomic E-state index is -0.407. The first-order chi connectivity index (χ1) is 2.77. The van der Waals surface area contributed by atoms with E-state index in [0.29, 0.717) is 0 Å². The van der Waals surface area contributed by atoms with Crippen LogP contribution in [-0.2, 0) is 0 Å². The maximum atomic E-state index is 8.39. The summed E-state index contributed by atoms with van der Waals surface area (Å²) in [6.07, 6.45) is 2.42. The summed E-state index contributed by atoms with van der Waals surface area (Å²) in [5, 5.41) is 8.39. The third kappa shape index (κ3) is 3.50. The van der Waals surface area contributed by atoms with Crippen molar-refractivity contribution in [1.82, 2.24) is 0 Å². The molecular weight excluding hydrogens is 78.0 g/mol. The zero-order chi connectivity index (χ0) is 4.99. The molecular formula is C4H9NO. The van der Waals surface area contributed by atoms with Gasteiger partial charge in [-0.3, -0.25) is 0 Å². The molecule has 0 saturated carbocycles. The average Bonchev–Trinajstić information content (AvgIpc) is 1.35. The van der Waals surface area contributed by atoms with Gasteiger partial charge in [0.05, 0.1) is 6.10 Å². The Morgan fingerprint density at radius 2 is 2.33 bits per heavy atom. The molecule has 0 aliphatic carbocycles. The van der Waals surface area contributed by atoms with Gasteiger partial charge in [-0.1, -0.05) is 0 Å². The third-order valence-electron chi connectivity index (χ3n) is 0.390. The lowest BCUT2D eigenvalue weighted by Crippen LogP contribution is -1.93. The molecule has 1 unspecified atom stereocenters. The second-order valence-corrected chi connectivity index (χ2v) is 1.13. The summed E-state index contributed by atoms with van der Waals surface area (Å²) in [7, 11) is 0. The molecule has 0 bridgehead atoms. The monoisotopic (exact) mass is 87.1 g/mol. The molecule has 36 valence electrons. The summed E-state index contributed by atoms with van der Waals surface area (Å²) in [6.45, 7) is 1.64. The Bertz CT molecular complexity index is 49.5. The third-order valence-corrected chi connectivity index (χ3v) is 0.390. The zero-order valence-corrected chi connectivity index (χ0v) is 3.76. The first-order valence-corrected chi connectivity index (χ1v) is 1.84. The Morgan fingerprint density at radius 3 is 2.33 bits per heavy atom. The molecule has 2 heteroatoms. The van der Waals surface area contributed by atoms with Gasteiger partial charge in [-0.05, 0) is 19.2 Å². The number of nitrogens with two attached hydrogens (primary N) is 1. The molecule has 6 heavy (non-hydrogen) atoms. The van der Waals surface area contributed by atoms with E-state index < -0.39 is 6.10 Å². The van der Waals surface area contributed by atoms with E-state index in [0.717, 1.165) is 0 Å². The Labute approximate surface area is 37.3 Å². The number of aliphatic hydroxyl groups excluding tert-OH is 1. The van der Waals surface area contributed by atoms with Crippen molar-refractivity contribution < 1.29 is 5.11 Å². The Hall–Kier alpha value is -0.500. The van der Waals surface area contributed by atoms with Gasteiger partial charge in [-0.15, -0.1) is 0 Å². The molecule has 0 saturated heterocycles.